The molecular weight excluding hydrogens is 196 g/mol. The van der Waals surface area contributed by atoms with E-state index in [9.17, 15) is 4.79 Å². The molecular formula is C10H20N2OS. The van der Waals surface area contributed by atoms with Crippen molar-refractivity contribution in [2.45, 2.75) is 37.5 Å². The van der Waals surface area contributed by atoms with Crippen molar-refractivity contribution >= 4 is 17.7 Å². The second-order valence-electron chi connectivity index (χ2n) is 4.20. The average Bonchev–Trinajstić information content (AvgIpc) is 2.92. The molecule has 0 bridgehead atoms. The normalized spacial score (nSPS) is 18.3. The standard InChI is InChI=1S/C10H20N2OS/c1-8(2)11-6-9(13)12-7-10(14-3)4-5-10/h8,11H,4-7H2,1-3H3,(H,12,13). The SMILES string of the molecule is CSC1(CNC(=O)CNC(C)C)CC1. The van der Waals surface area contributed by atoms with E-state index >= 15 is 0 Å². The fourth-order valence-corrected chi connectivity index (χ4v) is 1.94. The molecule has 0 saturated heterocycles. The van der Waals surface area contributed by atoms with E-state index in [2.05, 4.69) is 16.9 Å². The molecule has 0 atom stereocenters. The number of hydrogen-bond acceptors (Lipinski definition) is 3. The Balaban J connectivity index is 2.09. The van der Waals surface area contributed by atoms with E-state index in [-0.39, 0.29) is 5.91 Å². The third-order valence-corrected chi connectivity index (χ3v) is 3.94. The summed E-state index contributed by atoms with van der Waals surface area (Å²) >= 11 is 1.87. The smallest absolute Gasteiger partial charge is 0.234 e. The predicted octanol–water partition coefficient (Wildman–Crippen LogP) is 0.996. The highest BCUT2D eigenvalue weighted by Gasteiger charge is 2.41. The second kappa shape index (κ2) is 5.03. The van der Waals surface area contributed by atoms with Gasteiger partial charge in [0.1, 0.15) is 0 Å². The van der Waals surface area contributed by atoms with Gasteiger partial charge in [-0.25, -0.2) is 0 Å². The molecule has 0 aromatic rings. The number of nitrogens with one attached hydrogen (secondary N) is 2. The van der Waals surface area contributed by atoms with Crippen LogP contribution in [-0.2, 0) is 4.79 Å². The number of amides is 1. The summed E-state index contributed by atoms with van der Waals surface area (Å²) in [7, 11) is 0. The van der Waals surface area contributed by atoms with Crippen LogP contribution in [0.1, 0.15) is 26.7 Å². The van der Waals surface area contributed by atoms with Gasteiger partial charge in [0.25, 0.3) is 0 Å². The highest BCUT2D eigenvalue weighted by atomic mass is 32.2. The molecule has 82 valence electrons. The lowest BCUT2D eigenvalue weighted by molar-refractivity contribution is -0.120. The van der Waals surface area contributed by atoms with Crippen molar-refractivity contribution in [1.82, 2.24) is 10.6 Å². The zero-order chi connectivity index (χ0) is 10.6. The van der Waals surface area contributed by atoms with Crippen molar-refractivity contribution < 1.29 is 4.79 Å². The predicted molar refractivity (Wildman–Crippen MR) is 61.6 cm³/mol. The largest absolute Gasteiger partial charge is 0.354 e. The Morgan fingerprint density at radius 3 is 2.57 bits per heavy atom. The first-order chi connectivity index (χ1) is 6.58. The third kappa shape index (κ3) is 3.88. The molecule has 14 heavy (non-hydrogen) atoms. The van der Waals surface area contributed by atoms with E-state index in [1.807, 2.05) is 25.6 Å². The Morgan fingerprint density at radius 2 is 2.14 bits per heavy atom. The highest BCUT2D eigenvalue weighted by molar-refractivity contribution is 8.00. The van der Waals surface area contributed by atoms with Crippen molar-refractivity contribution in [2.75, 3.05) is 19.3 Å². The van der Waals surface area contributed by atoms with Crippen molar-refractivity contribution in [2.24, 2.45) is 0 Å². The molecule has 2 N–H and O–H groups in total. The maximum absolute atomic E-state index is 11.4. The zero-order valence-electron chi connectivity index (χ0n) is 9.22. The number of hydrogen-bond donors (Lipinski definition) is 2. The Labute approximate surface area is 90.4 Å². The van der Waals surface area contributed by atoms with Gasteiger partial charge in [0.2, 0.25) is 5.91 Å². The van der Waals surface area contributed by atoms with Gasteiger partial charge >= 0.3 is 0 Å². The van der Waals surface area contributed by atoms with Gasteiger partial charge in [-0.15, -0.1) is 0 Å². The quantitative estimate of drug-likeness (QED) is 0.696. The van der Waals surface area contributed by atoms with Crippen molar-refractivity contribution in [3.8, 4) is 0 Å². The van der Waals surface area contributed by atoms with E-state index in [0.717, 1.165) is 6.54 Å². The maximum atomic E-state index is 11.4. The van der Waals surface area contributed by atoms with Crippen LogP contribution in [0.2, 0.25) is 0 Å². The maximum Gasteiger partial charge on any atom is 0.234 e. The minimum Gasteiger partial charge on any atom is -0.354 e. The van der Waals surface area contributed by atoms with Crippen molar-refractivity contribution in [3.05, 3.63) is 0 Å². The molecule has 4 heteroatoms. The number of carbonyl (C=O) groups is 1. The van der Waals surface area contributed by atoms with Gasteiger partial charge in [-0.1, -0.05) is 13.8 Å². The molecule has 1 aliphatic rings. The molecule has 1 fully saturated rings. The summed E-state index contributed by atoms with van der Waals surface area (Å²) in [5, 5.41) is 6.07. The lowest BCUT2D eigenvalue weighted by Gasteiger charge is -2.14. The van der Waals surface area contributed by atoms with Gasteiger partial charge in [-0.05, 0) is 19.1 Å². The summed E-state index contributed by atoms with van der Waals surface area (Å²) in [5.41, 5.74) is 0. The van der Waals surface area contributed by atoms with E-state index in [4.69, 9.17) is 0 Å². The fraction of sp³-hybridized carbons (Fsp3) is 0.900. The molecule has 0 aliphatic heterocycles. The summed E-state index contributed by atoms with van der Waals surface area (Å²) in [4.78, 5) is 11.4. The molecule has 0 aromatic heterocycles. The van der Waals surface area contributed by atoms with Crippen LogP contribution < -0.4 is 10.6 Å². The van der Waals surface area contributed by atoms with Gasteiger partial charge in [0.05, 0.1) is 6.54 Å². The van der Waals surface area contributed by atoms with Crippen LogP contribution in [0, 0.1) is 0 Å². The van der Waals surface area contributed by atoms with Crippen LogP contribution in [-0.4, -0.2) is 36.0 Å². The Hall–Kier alpha value is -0.220. The van der Waals surface area contributed by atoms with E-state index in [1.54, 1.807) is 0 Å². The summed E-state index contributed by atoms with van der Waals surface area (Å²) in [5.74, 6) is 0.110. The number of carbonyl (C=O) groups excluding carboxylic acids is 1. The van der Waals surface area contributed by atoms with E-state index < -0.39 is 0 Å². The zero-order valence-corrected chi connectivity index (χ0v) is 10.0. The first-order valence-electron chi connectivity index (χ1n) is 5.13. The number of thioether (sulfide) groups is 1. The number of rotatable bonds is 6. The first kappa shape index (κ1) is 11.9. The Kier molecular flexibility index (Phi) is 4.26. The fourth-order valence-electron chi connectivity index (χ4n) is 1.21. The Morgan fingerprint density at radius 1 is 1.50 bits per heavy atom. The minimum atomic E-state index is 0.110. The van der Waals surface area contributed by atoms with E-state index in [1.165, 1.54) is 12.8 Å². The average molecular weight is 216 g/mol. The van der Waals surface area contributed by atoms with Crippen LogP contribution in [0.5, 0.6) is 0 Å². The molecule has 3 nitrogen and oxygen atoms in total. The first-order valence-corrected chi connectivity index (χ1v) is 6.36. The molecule has 0 aromatic carbocycles. The van der Waals surface area contributed by atoms with Crippen LogP contribution in [0.4, 0.5) is 0 Å². The molecule has 1 amide bonds. The lowest BCUT2D eigenvalue weighted by atomic mass is 10.3. The molecule has 0 spiro atoms. The minimum absolute atomic E-state index is 0.110. The molecule has 0 radical (unpaired) electrons. The summed E-state index contributed by atoms with van der Waals surface area (Å²) in [6.07, 6.45) is 4.60. The monoisotopic (exact) mass is 216 g/mol. The lowest BCUT2D eigenvalue weighted by Crippen LogP contribution is -2.39. The highest BCUT2D eigenvalue weighted by Crippen LogP contribution is 2.46. The second-order valence-corrected chi connectivity index (χ2v) is 5.47. The summed E-state index contributed by atoms with van der Waals surface area (Å²) in [6, 6.07) is 0.371. The van der Waals surface area contributed by atoms with E-state index in [0.29, 0.717) is 17.3 Å². The van der Waals surface area contributed by atoms with Crippen LogP contribution in [0.15, 0.2) is 0 Å². The van der Waals surface area contributed by atoms with Gasteiger partial charge in [-0.2, -0.15) is 11.8 Å². The molecule has 0 heterocycles. The van der Waals surface area contributed by atoms with Crippen molar-refractivity contribution in [1.29, 1.82) is 0 Å². The molecule has 1 aliphatic carbocycles. The van der Waals surface area contributed by atoms with Crippen LogP contribution >= 0.6 is 11.8 Å². The molecule has 0 unspecified atom stereocenters. The molecule has 1 rings (SSSR count). The van der Waals surface area contributed by atoms with Gasteiger partial charge in [-0.3, -0.25) is 4.79 Å². The topological polar surface area (TPSA) is 41.1 Å². The summed E-state index contributed by atoms with van der Waals surface area (Å²) < 4.78 is 0.369. The van der Waals surface area contributed by atoms with Crippen molar-refractivity contribution in [3.63, 3.8) is 0 Å². The molecule has 1 saturated carbocycles. The summed E-state index contributed by atoms with van der Waals surface area (Å²) in [6.45, 7) is 5.34. The van der Waals surface area contributed by atoms with Crippen LogP contribution in [0.3, 0.4) is 0 Å². The third-order valence-electron chi connectivity index (χ3n) is 2.52. The van der Waals surface area contributed by atoms with Gasteiger partial charge in [0, 0.05) is 17.3 Å². The van der Waals surface area contributed by atoms with Crippen LogP contribution in [0.25, 0.3) is 0 Å². The Bertz CT molecular complexity index is 202. The van der Waals surface area contributed by atoms with Gasteiger partial charge in [0.15, 0.2) is 0 Å². The van der Waals surface area contributed by atoms with Gasteiger partial charge < -0.3 is 10.6 Å².